The van der Waals surface area contributed by atoms with Crippen LogP contribution in [0.25, 0.3) is 0 Å². The van der Waals surface area contributed by atoms with Gasteiger partial charge in [-0.25, -0.2) is 9.59 Å². The Hall–Kier alpha value is -4.42. The van der Waals surface area contributed by atoms with E-state index in [1.807, 2.05) is 52.0 Å². The van der Waals surface area contributed by atoms with Gasteiger partial charge >= 0.3 is 12.1 Å². The van der Waals surface area contributed by atoms with Crippen LogP contribution in [0.5, 0.6) is 0 Å². The summed E-state index contributed by atoms with van der Waals surface area (Å²) in [5, 5.41) is 14.4. The number of unbranched alkanes of at least 4 members (excludes halogenated alkanes) is 1. The van der Waals surface area contributed by atoms with Crippen LogP contribution in [-0.4, -0.2) is 102 Å². The van der Waals surface area contributed by atoms with Crippen LogP contribution < -0.4 is 26.6 Å². The molecule has 5 N–H and O–H groups in total. The number of fused-ring (bicyclic) bond motifs is 2. The van der Waals surface area contributed by atoms with Gasteiger partial charge < -0.3 is 36.4 Å². The van der Waals surface area contributed by atoms with E-state index in [0.29, 0.717) is 51.9 Å². The zero-order valence-corrected chi connectivity index (χ0v) is 32.3. The molecule has 13 nitrogen and oxygen atoms in total. The van der Waals surface area contributed by atoms with Gasteiger partial charge in [-0.05, 0) is 65.4 Å². The van der Waals surface area contributed by atoms with E-state index in [4.69, 9.17) is 0 Å². The number of hydrogen-bond donors (Lipinski definition) is 5. The number of Topliss-reactive ketones (excluding diaryl/α,β-unsaturated/α-hetero) is 1. The molecule has 7 amide bonds. The van der Waals surface area contributed by atoms with Crippen LogP contribution in [0.2, 0.25) is 0 Å². The molecule has 290 valence electrons. The molecule has 2 aliphatic heterocycles. The number of carbonyl (C=O) groups excluding carboxylic acids is 6. The van der Waals surface area contributed by atoms with Crippen LogP contribution in [0.3, 0.4) is 0 Å². The van der Waals surface area contributed by atoms with E-state index in [9.17, 15) is 28.8 Å². The van der Waals surface area contributed by atoms with Crippen LogP contribution in [0, 0.1) is 28.6 Å². The maximum atomic E-state index is 14.9. The summed E-state index contributed by atoms with van der Waals surface area (Å²) in [6, 6.07) is 4.07. The van der Waals surface area contributed by atoms with Gasteiger partial charge in [-0.3, -0.25) is 19.2 Å². The average Bonchev–Trinajstić information content (AvgIpc) is 3.47. The zero-order valence-electron chi connectivity index (χ0n) is 32.3. The summed E-state index contributed by atoms with van der Waals surface area (Å²) < 4.78 is 0. The molecule has 53 heavy (non-hydrogen) atoms. The van der Waals surface area contributed by atoms with Crippen LogP contribution in [-0.2, 0) is 32.0 Å². The molecular formula is C40H59N7O6. The maximum absolute atomic E-state index is 14.9. The third kappa shape index (κ3) is 8.87. The molecule has 1 aromatic carbocycles. The Morgan fingerprint density at radius 2 is 1.74 bits per heavy atom. The molecule has 0 radical (unpaired) electrons. The highest BCUT2D eigenvalue weighted by atomic mass is 16.2. The Balaban J connectivity index is 1.39. The Bertz CT molecular complexity index is 1560. The maximum Gasteiger partial charge on any atom is 0.317 e. The lowest BCUT2D eigenvalue weighted by Crippen LogP contribution is -2.62. The number of amides is 7. The molecule has 2 saturated heterocycles. The van der Waals surface area contributed by atoms with Gasteiger partial charge in [-0.1, -0.05) is 84.7 Å². The second-order valence-electron chi connectivity index (χ2n) is 16.9. The molecule has 13 heteroatoms. The number of rotatable bonds is 15. The number of ketones is 1. The third-order valence-corrected chi connectivity index (χ3v) is 11.9. The normalized spacial score (nSPS) is 23.4. The minimum atomic E-state index is -1.04. The molecule has 1 saturated carbocycles. The lowest BCUT2D eigenvalue weighted by atomic mass is 9.86. The van der Waals surface area contributed by atoms with E-state index in [0.717, 1.165) is 24.0 Å². The quantitative estimate of drug-likeness (QED) is 0.137. The Morgan fingerprint density at radius 3 is 2.34 bits per heavy atom. The molecule has 1 aromatic rings. The molecule has 0 bridgehead atoms. The molecule has 0 aromatic heterocycles. The molecule has 6 atom stereocenters. The fourth-order valence-corrected chi connectivity index (χ4v) is 8.50. The van der Waals surface area contributed by atoms with Gasteiger partial charge in [0.05, 0.1) is 12.1 Å². The summed E-state index contributed by atoms with van der Waals surface area (Å²) in [5.74, 6) is -2.66. The van der Waals surface area contributed by atoms with Crippen molar-refractivity contribution in [3.05, 3.63) is 48.0 Å². The van der Waals surface area contributed by atoms with Gasteiger partial charge in [-0.2, -0.15) is 0 Å². The number of urea groups is 2. The van der Waals surface area contributed by atoms with E-state index in [1.165, 1.54) is 6.08 Å². The second-order valence-corrected chi connectivity index (χ2v) is 16.9. The van der Waals surface area contributed by atoms with Gasteiger partial charge in [0, 0.05) is 32.7 Å². The molecule has 1 unspecified atom stereocenters. The highest BCUT2D eigenvalue weighted by Crippen LogP contribution is 2.65. The standard InChI is InChI=1S/C40H59N7O6/c1-8-10-16-28(33(48)35(50)41-17-9-2)43-34(49)32-30-27(40(30,6)7)22-47(32)36(51)31(26-20-24-14-11-12-15-25(24)21-26)45-37(52)44-29(39(3,4)5)23-46-19-13-18-42-38(46)53/h9,11-12,14-15,26-32H,2,8,10,13,16-23H2,1,3-7H3,(H,41,50)(H,42,53)(H,43,49)(H2,44,45,52)/t27-,28?,29+,30-,31-,32-/m0/s1. The number of benzene rings is 1. The minimum absolute atomic E-state index is 0.0686. The lowest BCUT2D eigenvalue weighted by molar-refractivity contribution is -0.144. The van der Waals surface area contributed by atoms with Crippen molar-refractivity contribution in [1.29, 1.82) is 0 Å². The molecular weight excluding hydrogens is 674 g/mol. The first-order valence-corrected chi connectivity index (χ1v) is 19.3. The van der Waals surface area contributed by atoms with Crippen molar-refractivity contribution in [1.82, 2.24) is 36.4 Å². The van der Waals surface area contributed by atoms with Crippen molar-refractivity contribution < 1.29 is 28.8 Å². The predicted octanol–water partition coefficient (Wildman–Crippen LogP) is 2.93. The van der Waals surface area contributed by atoms with E-state index >= 15 is 0 Å². The molecule has 4 aliphatic rings. The first-order valence-electron chi connectivity index (χ1n) is 19.3. The predicted molar refractivity (Wildman–Crippen MR) is 202 cm³/mol. The Labute approximate surface area is 313 Å². The van der Waals surface area contributed by atoms with Crippen molar-refractivity contribution in [3.8, 4) is 0 Å². The largest absolute Gasteiger partial charge is 0.346 e. The van der Waals surface area contributed by atoms with Crippen LogP contribution in [0.4, 0.5) is 9.59 Å². The lowest BCUT2D eigenvalue weighted by Gasteiger charge is -2.38. The highest BCUT2D eigenvalue weighted by Gasteiger charge is 2.70. The van der Waals surface area contributed by atoms with Crippen molar-refractivity contribution in [3.63, 3.8) is 0 Å². The molecule has 5 rings (SSSR count). The fraction of sp³-hybridized carbons (Fsp3) is 0.650. The number of nitrogens with one attached hydrogen (secondary N) is 5. The molecule has 2 aliphatic carbocycles. The summed E-state index contributed by atoms with van der Waals surface area (Å²) in [6.45, 7) is 17.7. The van der Waals surface area contributed by atoms with E-state index in [1.54, 1.807) is 9.80 Å². The van der Waals surface area contributed by atoms with Crippen molar-refractivity contribution in [2.45, 2.75) is 104 Å². The summed E-state index contributed by atoms with van der Waals surface area (Å²) in [5.41, 5.74) is 1.63. The number of piperidine rings is 1. The molecule has 0 spiro atoms. The average molecular weight is 734 g/mol. The van der Waals surface area contributed by atoms with Gasteiger partial charge in [-0.15, -0.1) is 6.58 Å². The van der Waals surface area contributed by atoms with Crippen molar-refractivity contribution >= 4 is 35.6 Å². The first kappa shape index (κ1) is 39.8. The Kier molecular flexibility index (Phi) is 12.2. The number of nitrogens with zero attached hydrogens (tertiary/aromatic N) is 2. The Morgan fingerprint density at radius 1 is 1.06 bits per heavy atom. The van der Waals surface area contributed by atoms with Gasteiger partial charge in [0.15, 0.2) is 0 Å². The highest BCUT2D eigenvalue weighted by molar-refractivity contribution is 6.38. The van der Waals surface area contributed by atoms with Gasteiger partial charge in [0.1, 0.15) is 12.1 Å². The number of likely N-dealkylation sites (tertiary alicyclic amines) is 1. The van der Waals surface area contributed by atoms with Crippen molar-refractivity contribution in [2.75, 3.05) is 32.7 Å². The monoisotopic (exact) mass is 733 g/mol. The topological polar surface area (TPSA) is 169 Å². The fourth-order valence-electron chi connectivity index (χ4n) is 8.50. The van der Waals surface area contributed by atoms with Gasteiger partial charge in [0.25, 0.3) is 5.91 Å². The smallest absolute Gasteiger partial charge is 0.317 e. The summed E-state index contributed by atoms with van der Waals surface area (Å²) in [6.07, 6.45) is 5.14. The van der Waals surface area contributed by atoms with E-state index in [-0.39, 0.29) is 41.7 Å². The molecule has 3 fully saturated rings. The van der Waals surface area contributed by atoms with E-state index in [2.05, 4.69) is 47.0 Å². The second kappa shape index (κ2) is 16.3. The van der Waals surface area contributed by atoms with Gasteiger partial charge in [0.2, 0.25) is 17.6 Å². The summed E-state index contributed by atoms with van der Waals surface area (Å²) in [7, 11) is 0. The summed E-state index contributed by atoms with van der Waals surface area (Å²) >= 11 is 0. The van der Waals surface area contributed by atoms with Crippen LogP contribution in [0.15, 0.2) is 36.9 Å². The first-order chi connectivity index (χ1) is 25.1. The van der Waals surface area contributed by atoms with Crippen molar-refractivity contribution in [2.24, 2.45) is 28.6 Å². The van der Waals surface area contributed by atoms with Crippen LogP contribution in [0.1, 0.15) is 78.4 Å². The molecule has 2 heterocycles. The zero-order chi connectivity index (χ0) is 38.7. The van der Waals surface area contributed by atoms with E-state index < -0.39 is 53.2 Å². The number of carbonyl (C=O) groups is 6. The third-order valence-electron chi connectivity index (χ3n) is 11.9. The minimum Gasteiger partial charge on any atom is -0.346 e. The van der Waals surface area contributed by atoms with Crippen LogP contribution >= 0.6 is 0 Å². The summed E-state index contributed by atoms with van der Waals surface area (Å²) in [4.78, 5) is 84.9. The SMILES string of the molecule is C=CCNC(=O)C(=O)C(CCCC)NC(=O)[C@@H]1[C@@H]2[C@H](CN1C(=O)[C@@H](NC(=O)N[C@H](CN1CCCNC1=O)C(C)(C)C)C1Cc3ccccc3C1)C2(C)C. The number of hydrogen-bond acceptors (Lipinski definition) is 6.